The van der Waals surface area contributed by atoms with E-state index in [1.807, 2.05) is 12.1 Å². The van der Waals surface area contributed by atoms with E-state index in [2.05, 4.69) is 36.3 Å². The van der Waals surface area contributed by atoms with Gasteiger partial charge in [0.1, 0.15) is 5.84 Å². The summed E-state index contributed by atoms with van der Waals surface area (Å²) < 4.78 is 0. The Hall–Kier alpha value is -1.29. The average Bonchev–Trinajstić information content (AvgIpc) is 2.65. The molecule has 1 aliphatic rings. The van der Waals surface area contributed by atoms with Gasteiger partial charge in [0.15, 0.2) is 0 Å². The number of nitrogens with one attached hydrogen (secondary N) is 1. The summed E-state index contributed by atoms with van der Waals surface area (Å²) in [4.78, 5) is 15.3. The van der Waals surface area contributed by atoms with Gasteiger partial charge in [-0.25, -0.2) is 4.99 Å². The van der Waals surface area contributed by atoms with Gasteiger partial charge in [-0.1, -0.05) is 37.7 Å². The van der Waals surface area contributed by atoms with Gasteiger partial charge in [0.2, 0.25) is 0 Å². The van der Waals surface area contributed by atoms with Gasteiger partial charge in [0.25, 0.3) is 5.24 Å². The van der Waals surface area contributed by atoms with Gasteiger partial charge in [0.05, 0.1) is 11.4 Å². The molecule has 2 rings (SSSR count). The van der Waals surface area contributed by atoms with Crippen LogP contribution in [-0.4, -0.2) is 16.8 Å². The Kier molecular flexibility index (Phi) is 3.29. The molecule has 84 valence electrons. The van der Waals surface area contributed by atoms with E-state index in [9.17, 15) is 4.79 Å². The van der Waals surface area contributed by atoms with Crippen molar-refractivity contribution in [3.8, 4) is 0 Å². The molecule has 0 saturated carbocycles. The summed E-state index contributed by atoms with van der Waals surface area (Å²) in [5.74, 6) is 1.92. The van der Waals surface area contributed by atoms with Gasteiger partial charge in [-0.3, -0.25) is 4.79 Å². The third-order valence-electron chi connectivity index (χ3n) is 2.41. The lowest BCUT2D eigenvalue weighted by Gasteiger charge is -2.04. The van der Waals surface area contributed by atoms with Crippen molar-refractivity contribution in [3.05, 3.63) is 29.8 Å². The van der Waals surface area contributed by atoms with E-state index in [4.69, 9.17) is 0 Å². The van der Waals surface area contributed by atoms with Crippen LogP contribution in [0.4, 0.5) is 10.5 Å². The van der Waals surface area contributed by atoms with Crippen LogP contribution in [0.1, 0.15) is 25.3 Å². The lowest BCUT2D eigenvalue weighted by molar-refractivity contribution is 0.265. The van der Waals surface area contributed by atoms with E-state index in [1.54, 1.807) is 0 Å². The van der Waals surface area contributed by atoms with Crippen molar-refractivity contribution in [2.45, 2.75) is 19.8 Å². The van der Waals surface area contributed by atoms with Crippen LogP contribution in [0.25, 0.3) is 0 Å². The first-order chi connectivity index (χ1) is 7.65. The van der Waals surface area contributed by atoms with Crippen molar-refractivity contribution in [2.75, 3.05) is 5.75 Å². The van der Waals surface area contributed by atoms with Crippen LogP contribution in [-0.2, 0) is 0 Å². The number of hydrogen-bond donors (Lipinski definition) is 1. The molecule has 0 atom stereocenters. The van der Waals surface area contributed by atoms with Crippen molar-refractivity contribution in [1.82, 2.24) is 5.32 Å². The Balaban J connectivity index is 2.13. The van der Waals surface area contributed by atoms with Crippen LogP contribution < -0.4 is 5.32 Å². The number of thioether (sulfide) groups is 1. The molecule has 1 saturated heterocycles. The fourth-order valence-electron chi connectivity index (χ4n) is 1.47. The van der Waals surface area contributed by atoms with Gasteiger partial charge < -0.3 is 5.32 Å². The second-order valence-electron chi connectivity index (χ2n) is 4.01. The van der Waals surface area contributed by atoms with Crippen LogP contribution in [0, 0.1) is 0 Å². The Morgan fingerprint density at radius 3 is 2.50 bits per heavy atom. The maximum Gasteiger partial charge on any atom is 0.284 e. The van der Waals surface area contributed by atoms with Gasteiger partial charge in [-0.05, 0) is 23.6 Å². The quantitative estimate of drug-likeness (QED) is 0.853. The molecule has 1 aromatic rings. The lowest BCUT2D eigenvalue weighted by atomic mass is 10.0. The number of aliphatic imine (C=N–C) groups is 1. The highest BCUT2D eigenvalue weighted by Gasteiger charge is 2.16. The monoisotopic (exact) mass is 234 g/mol. The molecule has 0 bridgehead atoms. The van der Waals surface area contributed by atoms with E-state index >= 15 is 0 Å². The highest BCUT2D eigenvalue weighted by molar-refractivity contribution is 8.14. The normalized spacial score (nSPS) is 18.2. The molecule has 0 aromatic heterocycles. The molecule has 16 heavy (non-hydrogen) atoms. The van der Waals surface area contributed by atoms with Gasteiger partial charge in [-0.2, -0.15) is 0 Å². The minimum Gasteiger partial charge on any atom is -0.304 e. The second kappa shape index (κ2) is 4.70. The van der Waals surface area contributed by atoms with Crippen LogP contribution >= 0.6 is 11.8 Å². The number of benzene rings is 1. The summed E-state index contributed by atoms with van der Waals surface area (Å²) in [6.07, 6.45) is 0. The average molecular weight is 234 g/mol. The van der Waals surface area contributed by atoms with Crippen LogP contribution in [0.3, 0.4) is 0 Å². The number of hydrogen-bond acceptors (Lipinski definition) is 3. The molecule has 1 aromatic carbocycles. The van der Waals surface area contributed by atoms with Crippen LogP contribution in [0.15, 0.2) is 29.3 Å². The molecule has 3 nitrogen and oxygen atoms in total. The van der Waals surface area contributed by atoms with Crippen molar-refractivity contribution in [1.29, 1.82) is 0 Å². The van der Waals surface area contributed by atoms with E-state index < -0.39 is 0 Å². The standard InChI is InChI=1S/C12H14N2OS/c1-8(2)9-3-5-10(6-4-9)13-11-7-16-12(15)14-11/h3-6,8H,7H2,1-2H3,(H,13,14,15). The maximum absolute atomic E-state index is 11.0. The minimum atomic E-state index is -0.0162. The largest absolute Gasteiger partial charge is 0.304 e. The first-order valence-corrected chi connectivity index (χ1v) is 6.25. The highest BCUT2D eigenvalue weighted by atomic mass is 32.2. The van der Waals surface area contributed by atoms with Gasteiger partial charge in [-0.15, -0.1) is 0 Å². The van der Waals surface area contributed by atoms with Crippen molar-refractivity contribution < 1.29 is 4.79 Å². The second-order valence-corrected chi connectivity index (χ2v) is 4.95. The Morgan fingerprint density at radius 1 is 1.31 bits per heavy atom. The molecule has 1 amide bonds. The Morgan fingerprint density at radius 2 is 2.00 bits per heavy atom. The zero-order valence-electron chi connectivity index (χ0n) is 9.36. The molecule has 1 heterocycles. The summed E-state index contributed by atoms with van der Waals surface area (Å²) in [5.41, 5.74) is 2.19. The summed E-state index contributed by atoms with van der Waals surface area (Å²) in [5, 5.41) is 2.70. The summed E-state index contributed by atoms with van der Waals surface area (Å²) in [6.45, 7) is 4.32. The number of nitrogens with zero attached hydrogens (tertiary/aromatic N) is 1. The number of amidine groups is 1. The van der Waals surface area contributed by atoms with Crippen LogP contribution in [0.2, 0.25) is 0 Å². The smallest absolute Gasteiger partial charge is 0.284 e. The SMILES string of the molecule is CC(C)c1ccc(N=C2CSC(=O)N2)cc1. The molecule has 0 aliphatic carbocycles. The van der Waals surface area contributed by atoms with Gasteiger partial charge in [0, 0.05) is 0 Å². The molecular weight excluding hydrogens is 220 g/mol. The molecule has 1 N–H and O–H groups in total. The lowest BCUT2D eigenvalue weighted by Crippen LogP contribution is -2.18. The van der Waals surface area contributed by atoms with E-state index in [-0.39, 0.29) is 5.24 Å². The Bertz CT molecular complexity index is 423. The Labute approximate surface area is 99.3 Å². The maximum atomic E-state index is 11.0. The first-order valence-electron chi connectivity index (χ1n) is 5.26. The predicted molar refractivity (Wildman–Crippen MR) is 68.6 cm³/mol. The molecule has 0 spiro atoms. The van der Waals surface area contributed by atoms with Crippen molar-refractivity contribution >= 4 is 28.5 Å². The van der Waals surface area contributed by atoms with E-state index in [1.165, 1.54) is 17.3 Å². The fourth-order valence-corrected chi connectivity index (χ4v) is 2.07. The summed E-state index contributed by atoms with van der Waals surface area (Å²) >= 11 is 1.25. The molecule has 0 unspecified atom stereocenters. The van der Waals surface area contributed by atoms with E-state index in [0.29, 0.717) is 11.7 Å². The molecule has 1 fully saturated rings. The molecule has 0 radical (unpaired) electrons. The zero-order chi connectivity index (χ0) is 11.5. The number of amides is 1. The molecule has 4 heteroatoms. The third-order valence-corrected chi connectivity index (χ3v) is 3.19. The third kappa shape index (κ3) is 2.64. The number of carbonyl (C=O) groups excluding carboxylic acids is 1. The summed E-state index contributed by atoms with van der Waals surface area (Å²) in [7, 11) is 0. The number of rotatable bonds is 2. The first kappa shape index (κ1) is 11.2. The fraction of sp³-hybridized carbons (Fsp3) is 0.333. The summed E-state index contributed by atoms with van der Waals surface area (Å²) in [6, 6.07) is 8.12. The molecule has 1 aliphatic heterocycles. The predicted octanol–water partition coefficient (Wildman–Crippen LogP) is 3.30. The van der Waals surface area contributed by atoms with Crippen LogP contribution in [0.5, 0.6) is 0 Å². The van der Waals surface area contributed by atoms with Crippen molar-refractivity contribution in [2.24, 2.45) is 4.99 Å². The van der Waals surface area contributed by atoms with Gasteiger partial charge >= 0.3 is 0 Å². The highest BCUT2D eigenvalue weighted by Crippen LogP contribution is 2.20. The minimum absolute atomic E-state index is 0.0162. The van der Waals surface area contributed by atoms with Crippen molar-refractivity contribution in [3.63, 3.8) is 0 Å². The zero-order valence-corrected chi connectivity index (χ0v) is 10.2. The number of carbonyl (C=O) groups is 1. The van der Waals surface area contributed by atoms with E-state index in [0.717, 1.165) is 11.5 Å². The molecular formula is C12H14N2OS. The topological polar surface area (TPSA) is 41.5 Å².